The molecule has 0 atom stereocenters. The van der Waals surface area contributed by atoms with Crippen molar-refractivity contribution < 1.29 is 0 Å². The summed E-state index contributed by atoms with van der Waals surface area (Å²) < 4.78 is 0. The van der Waals surface area contributed by atoms with Crippen LogP contribution in [-0.4, -0.2) is 30.4 Å². The Balaban J connectivity index is 1.99. The van der Waals surface area contributed by atoms with Crippen LogP contribution >= 0.6 is 11.8 Å². The van der Waals surface area contributed by atoms with Gasteiger partial charge >= 0.3 is 0 Å². The van der Waals surface area contributed by atoms with E-state index in [-0.39, 0.29) is 0 Å². The third-order valence-electron chi connectivity index (χ3n) is 2.66. The fourth-order valence-electron chi connectivity index (χ4n) is 1.68. The lowest BCUT2D eigenvalue weighted by molar-refractivity contribution is 0.908. The van der Waals surface area contributed by atoms with Gasteiger partial charge in [0.1, 0.15) is 10.1 Å². The summed E-state index contributed by atoms with van der Waals surface area (Å²) in [6.07, 6.45) is 6.00. The monoisotopic (exact) mass is 284 g/mol. The minimum Gasteiger partial charge on any atom is -0.265 e. The third-order valence-corrected chi connectivity index (χ3v) is 3.48. The lowest BCUT2D eigenvalue weighted by Crippen LogP contribution is -1.96. The summed E-state index contributed by atoms with van der Waals surface area (Å²) in [5, 5.41) is 12.1. The van der Waals surface area contributed by atoms with E-state index in [1.807, 2.05) is 18.2 Å². The molecule has 0 aliphatic rings. The minimum absolute atomic E-state index is 0.706. The summed E-state index contributed by atoms with van der Waals surface area (Å²) in [6.45, 7) is 2.07. The molecule has 6 nitrogen and oxygen atoms in total. The van der Waals surface area contributed by atoms with E-state index in [0.29, 0.717) is 5.82 Å². The van der Waals surface area contributed by atoms with Gasteiger partial charge < -0.3 is 0 Å². The number of nitrogens with zero attached hydrogens (tertiary/aromatic N) is 5. The van der Waals surface area contributed by atoms with Crippen LogP contribution in [0.2, 0.25) is 0 Å². The summed E-state index contributed by atoms with van der Waals surface area (Å²) in [6, 6.07) is 5.78. The van der Waals surface area contributed by atoms with Gasteiger partial charge in [-0.2, -0.15) is 10.3 Å². The van der Waals surface area contributed by atoms with Gasteiger partial charge in [0.2, 0.25) is 0 Å². The van der Waals surface area contributed by atoms with Crippen molar-refractivity contribution in [2.75, 3.05) is 0 Å². The summed E-state index contributed by atoms with van der Waals surface area (Å²) in [7, 11) is 0. The van der Waals surface area contributed by atoms with Crippen LogP contribution in [0, 0.1) is 0 Å². The van der Waals surface area contributed by atoms with E-state index in [0.717, 1.165) is 27.7 Å². The number of hydrogen-bond acceptors (Lipinski definition) is 6. The molecule has 0 saturated heterocycles. The highest BCUT2D eigenvalue weighted by atomic mass is 32.2. The molecule has 3 aromatic heterocycles. The van der Waals surface area contributed by atoms with E-state index >= 15 is 0 Å². The molecule has 0 aliphatic heterocycles. The zero-order chi connectivity index (χ0) is 13.8. The second-order valence-electron chi connectivity index (χ2n) is 4.02. The Bertz CT molecular complexity index is 683. The van der Waals surface area contributed by atoms with Gasteiger partial charge in [-0.25, -0.2) is 9.97 Å². The molecule has 20 heavy (non-hydrogen) atoms. The molecule has 0 saturated carbocycles. The highest BCUT2D eigenvalue weighted by Gasteiger charge is 2.08. The fraction of sp³-hybridized carbons (Fsp3) is 0.154. The zero-order valence-corrected chi connectivity index (χ0v) is 11.6. The van der Waals surface area contributed by atoms with Crippen LogP contribution in [0.4, 0.5) is 0 Å². The van der Waals surface area contributed by atoms with Gasteiger partial charge in [0, 0.05) is 23.7 Å². The van der Waals surface area contributed by atoms with Crippen LogP contribution < -0.4 is 0 Å². The Labute approximate surface area is 120 Å². The van der Waals surface area contributed by atoms with E-state index in [9.17, 15) is 0 Å². The SMILES string of the molecule is CCc1cc(Sc2cn[nH]n2)nc(-c2ccncc2)n1. The molecule has 0 spiro atoms. The van der Waals surface area contributed by atoms with E-state index in [4.69, 9.17) is 0 Å². The van der Waals surface area contributed by atoms with Crippen molar-refractivity contribution in [1.29, 1.82) is 0 Å². The summed E-state index contributed by atoms with van der Waals surface area (Å²) in [4.78, 5) is 13.1. The number of hydrogen-bond donors (Lipinski definition) is 1. The van der Waals surface area contributed by atoms with Gasteiger partial charge in [0.05, 0.1) is 6.20 Å². The number of aromatic amines is 1. The van der Waals surface area contributed by atoms with Crippen molar-refractivity contribution in [3.05, 3.63) is 42.5 Å². The van der Waals surface area contributed by atoms with Crippen molar-refractivity contribution in [2.45, 2.75) is 23.4 Å². The van der Waals surface area contributed by atoms with Gasteiger partial charge in [-0.05, 0) is 36.4 Å². The molecule has 0 fully saturated rings. The quantitative estimate of drug-likeness (QED) is 0.741. The lowest BCUT2D eigenvalue weighted by atomic mass is 10.2. The van der Waals surface area contributed by atoms with Crippen LogP contribution in [0.1, 0.15) is 12.6 Å². The van der Waals surface area contributed by atoms with Crippen LogP contribution in [0.15, 0.2) is 46.8 Å². The molecule has 0 amide bonds. The first-order valence-electron chi connectivity index (χ1n) is 6.17. The lowest BCUT2D eigenvalue weighted by Gasteiger charge is -2.05. The minimum atomic E-state index is 0.706. The molecule has 1 N–H and O–H groups in total. The Morgan fingerprint density at radius 1 is 1.15 bits per heavy atom. The van der Waals surface area contributed by atoms with E-state index in [2.05, 4.69) is 37.3 Å². The normalized spacial score (nSPS) is 10.7. The average Bonchev–Trinajstić information content (AvgIpc) is 3.00. The van der Waals surface area contributed by atoms with Gasteiger partial charge in [0.25, 0.3) is 0 Å². The van der Waals surface area contributed by atoms with Crippen molar-refractivity contribution in [2.24, 2.45) is 0 Å². The summed E-state index contributed by atoms with van der Waals surface area (Å²) >= 11 is 1.46. The maximum absolute atomic E-state index is 4.57. The molecule has 3 heterocycles. The van der Waals surface area contributed by atoms with E-state index < -0.39 is 0 Å². The molecular weight excluding hydrogens is 272 g/mol. The van der Waals surface area contributed by atoms with E-state index in [1.165, 1.54) is 11.8 Å². The Hall–Kier alpha value is -2.28. The second kappa shape index (κ2) is 5.79. The van der Waals surface area contributed by atoms with Crippen molar-refractivity contribution in [1.82, 2.24) is 30.4 Å². The summed E-state index contributed by atoms with van der Waals surface area (Å²) in [5.74, 6) is 0.706. The first-order chi connectivity index (χ1) is 9.85. The van der Waals surface area contributed by atoms with Gasteiger partial charge in [-0.15, -0.1) is 5.10 Å². The van der Waals surface area contributed by atoms with Crippen LogP contribution in [0.25, 0.3) is 11.4 Å². The standard InChI is InChI=1S/C13H12N6S/c1-2-10-7-11(20-12-8-15-19-18-12)17-13(16-10)9-3-5-14-6-4-9/h3-8H,2H2,1H3,(H,15,18,19). The third kappa shape index (κ3) is 2.83. The average molecular weight is 284 g/mol. The number of pyridine rings is 1. The predicted molar refractivity (Wildman–Crippen MR) is 75.1 cm³/mol. The van der Waals surface area contributed by atoms with Gasteiger partial charge in [-0.1, -0.05) is 6.92 Å². The Kier molecular flexibility index (Phi) is 3.69. The first-order valence-corrected chi connectivity index (χ1v) is 6.99. The number of aromatic nitrogens is 6. The van der Waals surface area contributed by atoms with Gasteiger partial charge in [-0.3, -0.25) is 4.98 Å². The molecule has 3 aromatic rings. The number of aryl methyl sites for hydroxylation is 1. The first kappa shape index (κ1) is 12.7. The largest absolute Gasteiger partial charge is 0.265 e. The van der Waals surface area contributed by atoms with Crippen LogP contribution in [0.5, 0.6) is 0 Å². The molecule has 0 aliphatic carbocycles. The topological polar surface area (TPSA) is 80.2 Å². The van der Waals surface area contributed by atoms with Crippen molar-refractivity contribution in [3.63, 3.8) is 0 Å². The summed E-state index contributed by atoms with van der Waals surface area (Å²) in [5.41, 5.74) is 1.95. The van der Waals surface area contributed by atoms with Crippen LogP contribution in [0.3, 0.4) is 0 Å². The maximum Gasteiger partial charge on any atom is 0.160 e. The highest BCUT2D eigenvalue weighted by molar-refractivity contribution is 7.99. The second-order valence-corrected chi connectivity index (χ2v) is 5.06. The van der Waals surface area contributed by atoms with Crippen molar-refractivity contribution in [3.8, 4) is 11.4 Å². The number of rotatable bonds is 4. The Morgan fingerprint density at radius 3 is 2.70 bits per heavy atom. The predicted octanol–water partition coefficient (Wildman–Crippen LogP) is 2.37. The molecule has 0 aromatic carbocycles. The smallest absolute Gasteiger partial charge is 0.160 e. The van der Waals surface area contributed by atoms with Gasteiger partial charge in [0.15, 0.2) is 5.82 Å². The van der Waals surface area contributed by atoms with Crippen molar-refractivity contribution >= 4 is 11.8 Å². The molecule has 100 valence electrons. The van der Waals surface area contributed by atoms with E-state index in [1.54, 1.807) is 18.6 Å². The molecule has 0 bridgehead atoms. The maximum atomic E-state index is 4.57. The molecule has 3 rings (SSSR count). The molecule has 0 radical (unpaired) electrons. The Morgan fingerprint density at radius 2 is 2.00 bits per heavy atom. The number of H-pyrrole nitrogens is 1. The molecule has 7 heteroatoms. The van der Waals surface area contributed by atoms with Crippen LogP contribution in [-0.2, 0) is 6.42 Å². The highest BCUT2D eigenvalue weighted by Crippen LogP contribution is 2.26. The zero-order valence-electron chi connectivity index (χ0n) is 10.8. The fourth-order valence-corrected chi connectivity index (χ4v) is 2.42. The number of nitrogens with one attached hydrogen (secondary N) is 1. The molecular formula is C13H12N6S. The molecule has 0 unspecified atom stereocenters.